The van der Waals surface area contributed by atoms with Crippen LogP contribution in [0.5, 0.6) is 0 Å². The highest BCUT2D eigenvalue weighted by atomic mass is 32.2. The van der Waals surface area contributed by atoms with Gasteiger partial charge in [-0.2, -0.15) is 0 Å². The average Bonchev–Trinajstić information content (AvgIpc) is 3.47. The molecule has 2 N–H and O–H groups in total. The molecule has 162 valence electrons. The van der Waals surface area contributed by atoms with Gasteiger partial charge in [0.15, 0.2) is 0 Å². The average molecular weight is 440 g/mol. The lowest BCUT2D eigenvalue weighted by Gasteiger charge is -2.10. The van der Waals surface area contributed by atoms with Crippen molar-refractivity contribution in [1.29, 1.82) is 0 Å². The van der Waals surface area contributed by atoms with E-state index in [1.54, 1.807) is 12.1 Å². The Hall–Kier alpha value is -2.64. The Labute approximate surface area is 185 Å². The van der Waals surface area contributed by atoms with Gasteiger partial charge in [-0.05, 0) is 49.1 Å². The molecule has 1 atom stereocenters. The van der Waals surface area contributed by atoms with Gasteiger partial charge in [0, 0.05) is 24.3 Å². The fourth-order valence-electron chi connectivity index (χ4n) is 3.53. The molecule has 0 aliphatic carbocycles. The summed E-state index contributed by atoms with van der Waals surface area (Å²) in [6.07, 6.45) is 3.13. The molecule has 0 saturated carbocycles. The minimum Gasteiger partial charge on any atom is -0.376 e. The van der Waals surface area contributed by atoms with E-state index in [9.17, 15) is 9.18 Å². The van der Waals surface area contributed by atoms with Crippen LogP contribution >= 0.6 is 11.8 Å². The maximum absolute atomic E-state index is 13.4. The number of carbonyl (C=O) groups is 1. The highest BCUT2D eigenvalue weighted by Crippen LogP contribution is 2.32. The van der Waals surface area contributed by atoms with Crippen LogP contribution in [0.3, 0.4) is 0 Å². The number of carbonyl (C=O) groups excluding carboxylic acids is 1. The molecule has 1 amide bonds. The molecule has 5 nitrogen and oxygen atoms in total. The zero-order valence-electron chi connectivity index (χ0n) is 17.5. The second kappa shape index (κ2) is 10.1. The number of hydrogen-bond donors (Lipinski definition) is 2. The molecular formula is C24H26FN3O2S. The summed E-state index contributed by atoms with van der Waals surface area (Å²) in [5, 5.41) is 3.66. The van der Waals surface area contributed by atoms with Gasteiger partial charge in [0.05, 0.1) is 17.6 Å². The van der Waals surface area contributed by atoms with Gasteiger partial charge in [0.25, 0.3) is 0 Å². The van der Waals surface area contributed by atoms with Crippen molar-refractivity contribution in [2.45, 2.75) is 37.3 Å². The molecule has 2 heterocycles. The van der Waals surface area contributed by atoms with Gasteiger partial charge in [0.1, 0.15) is 16.7 Å². The van der Waals surface area contributed by atoms with Crippen LogP contribution in [-0.2, 0) is 16.0 Å². The second-order valence-corrected chi connectivity index (χ2v) is 8.51. The summed E-state index contributed by atoms with van der Waals surface area (Å²) in [5.41, 5.74) is 3.83. The molecule has 2 aromatic carbocycles. The predicted molar refractivity (Wildman–Crippen MR) is 122 cm³/mol. The number of rotatable bonds is 8. The van der Waals surface area contributed by atoms with Crippen LogP contribution < -0.4 is 5.32 Å². The van der Waals surface area contributed by atoms with Crippen molar-refractivity contribution in [3.63, 3.8) is 0 Å². The van der Waals surface area contributed by atoms with Crippen molar-refractivity contribution < 1.29 is 13.9 Å². The Morgan fingerprint density at radius 2 is 1.94 bits per heavy atom. The molecule has 1 aliphatic heterocycles. The van der Waals surface area contributed by atoms with Crippen LogP contribution in [0.2, 0.25) is 0 Å². The lowest BCUT2D eigenvalue weighted by atomic mass is 10.1. The van der Waals surface area contributed by atoms with Crippen molar-refractivity contribution in [3.8, 4) is 22.6 Å². The number of ether oxygens (including phenoxy) is 1. The smallest absolute Gasteiger partial charge is 0.230 e. The first-order valence-corrected chi connectivity index (χ1v) is 11.6. The van der Waals surface area contributed by atoms with Crippen molar-refractivity contribution in [2.24, 2.45) is 0 Å². The molecule has 1 aliphatic rings. The molecule has 0 bridgehead atoms. The highest BCUT2D eigenvalue weighted by Gasteiger charge is 2.18. The summed E-state index contributed by atoms with van der Waals surface area (Å²) in [6, 6.07) is 14.5. The van der Waals surface area contributed by atoms with E-state index in [4.69, 9.17) is 9.72 Å². The minimum absolute atomic E-state index is 0.0533. The SMILES string of the molecule is CCc1ccc(-c2nc(SCC(=O)NC[C@H]3CCCO3)c(-c3ccc(F)cc3)[nH]2)cc1. The Morgan fingerprint density at radius 1 is 1.19 bits per heavy atom. The highest BCUT2D eigenvalue weighted by molar-refractivity contribution is 8.00. The molecule has 1 saturated heterocycles. The Kier molecular flexibility index (Phi) is 7.04. The van der Waals surface area contributed by atoms with Crippen molar-refractivity contribution in [1.82, 2.24) is 15.3 Å². The number of amides is 1. The van der Waals surface area contributed by atoms with Crippen LogP contribution in [0.25, 0.3) is 22.6 Å². The molecule has 0 spiro atoms. The van der Waals surface area contributed by atoms with Crippen LogP contribution in [0.4, 0.5) is 4.39 Å². The minimum atomic E-state index is -0.290. The number of aromatic amines is 1. The topological polar surface area (TPSA) is 67.0 Å². The van der Waals surface area contributed by atoms with Crippen LogP contribution in [0.1, 0.15) is 25.3 Å². The molecule has 0 radical (unpaired) electrons. The maximum Gasteiger partial charge on any atom is 0.230 e. The van der Waals surface area contributed by atoms with Crippen molar-refractivity contribution in [2.75, 3.05) is 18.9 Å². The molecule has 7 heteroatoms. The Morgan fingerprint density at radius 3 is 2.61 bits per heavy atom. The van der Waals surface area contributed by atoms with Gasteiger partial charge >= 0.3 is 0 Å². The van der Waals surface area contributed by atoms with E-state index in [0.717, 1.165) is 48.5 Å². The second-order valence-electron chi connectivity index (χ2n) is 7.55. The van der Waals surface area contributed by atoms with E-state index in [1.807, 2.05) is 12.1 Å². The number of aromatic nitrogens is 2. The lowest BCUT2D eigenvalue weighted by Crippen LogP contribution is -2.32. The standard InChI is InChI=1S/C24H26FN3O2S/c1-2-16-5-7-18(8-6-16)23-27-22(17-9-11-19(25)12-10-17)24(28-23)31-15-21(29)26-14-20-4-3-13-30-20/h5-12,20H,2-4,13-15H2,1H3,(H,26,29)(H,27,28)/t20-/m1/s1. The third-order valence-corrected chi connectivity index (χ3v) is 6.31. The molecule has 0 unspecified atom stereocenters. The fraction of sp³-hybridized carbons (Fsp3) is 0.333. The van der Waals surface area contributed by atoms with E-state index in [2.05, 4.69) is 29.4 Å². The number of nitrogens with zero attached hydrogens (tertiary/aromatic N) is 1. The quantitative estimate of drug-likeness (QED) is 0.493. The van der Waals surface area contributed by atoms with Crippen LogP contribution in [0.15, 0.2) is 53.6 Å². The predicted octanol–water partition coefficient (Wildman–Crippen LogP) is 4.83. The van der Waals surface area contributed by atoms with Gasteiger partial charge in [-0.25, -0.2) is 9.37 Å². The summed E-state index contributed by atoms with van der Waals surface area (Å²) in [5.74, 6) is 0.632. The number of H-pyrrole nitrogens is 1. The summed E-state index contributed by atoms with van der Waals surface area (Å²) < 4.78 is 19.0. The zero-order chi connectivity index (χ0) is 21.6. The first kappa shape index (κ1) is 21.6. The van der Waals surface area contributed by atoms with Crippen LogP contribution in [-0.4, -0.2) is 40.9 Å². The van der Waals surface area contributed by atoms with Gasteiger partial charge in [0.2, 0.25) is 5.91 Å². The first-order valence-electron chi connectivity index (χ1n) is 10.6. The number of halogens is 1. The van der Waals surface area contributed by atoms with Gasteiger partial charge < -0.3 is 15.0 Å². The normalized spacial score (nSPS) is 15.9. The summed E-state index contributed by atoms with van der Waals surface area (Å²) in [4.78, 5) is 20.5. The van der Waals surface area contributed by atoms with Gasteiger partial charge in [-0.15, -0.1) is 0 Å². The molecule has 4 rings (SSSR count). The number of aryl methyl sites for hydroxylation is 1. The maximum atomic E-state index is 13.4. The Balaban J connectivity index is 1.51. The molecular weight excluding hydrogens is 413 g/mol. The van der Waals surface area contributed by atoms with E-state index in [0.29, 0.717) is 11.6 Å². The number of hydrogen-bond acceptors (Lipinski definition) is 4. The van der Waals surface area contributed by atoms with Crippen LogP contribution in [0, 0.1) is 5.82 Å². The molecule has 1 aromatic heterocycles. The van der Waals surface area contributed by atoms with E-state index in [-0.39, 0.29) is 23.6 Å². The number of imidazole rings is 1. The summed E-state index contributed by atoms with van der Waals surface area (Å²) in [7, 11) is 0. The monoisotopic (exact) mass is 439 g/mol. The summed E-state index contributed by atoms with van der Waals surface area (Å²) in [6.45, 7) is 3.43. The van der Waals surface area contributed by atoms with Gasteiger partial charge in [-0.3, -0.25) is 4.79 Å². The number of thioether (sulfide) groups is 1. The fourth-order valence-corrected chi connectivity index (χ4v) is 4.37. The third-order valence-electron chi connectivity index (χ3n) is 5.33. The van der Waals surface area contributed by atoms with E-state index in [1.165, 1.54) is 29.5 Å². The van der Waals surface area contributed by atoms with Crippen molar-refractivity contribution in [3.05, 3.63) is 59.9 Å². The van der Waals surface area contributed by atoms with Gasteiger partial charge in [-0.1, -0.05) is 43.0 Å². The zero-order valence-corrected chi connectivity index (χ0v) is 18.3. The van der Waals surface area contributed by atoms with E-state index >= 15 is 0 Å². The molecule has 3 aromatic rings. The molecule has 31 heavy (non-hydrogen) atoms. The lowest BCUT2D eigenvalue weighted by molar-refractivity contribution is -0.119. The summed E-state index contributed by atoms with van der Waals surface area (Å²) >= 11 is 1.37. The third kappa shape index (κ3) is 5.54. The Bertz CT molecular complexity index is 1010. The van der Waals surface area contributed by atoms with E-state index < -0.39 is 0 Å². The number of nitrogens with one attached hydrogen (secondary N) is 2. The molecule has 1 fully saturated rings. The number of benzene rings is 2. The first-order chi connectivity index (χ1) is 15.1. The largest absolute Gasteiger partial charge is 0.376 e. The van der Waals surface area contributed by atoms with Crippen molar-refractivity contribution >= 4 is 17.7 Å².